The van der Waals surface area contributed by atoms with Crippen molar-refractivity contribution in [2.75, 3.05) is 0 Å². The number of oxazole rings is 1. The van der Waals surface area contributed by atoms with Gasteiger partial charge in [-0.05, 0) is 41.0 Å². The Hall–Kier alpha value is -6.20. The van der Waals surface area contributed by atoms with Crippen LogP contribution in [0.4, 0.5) is 0 Å². The van der Waals surface area contributed by atoms with Crippen molar-refractivity contribution in [3.63, 3.8) is 0 Å². The third kappa shape index (κ3) is 5.28. The lowest BCUT2D eigenvalue weighted by Crippen LogP contribution is -2.00. The number of rotatable bonds is 6. The first kappa shape index (κ1) is 26.4. The standard InChI is InChI=1S/C40H26N4O/c1-4-12-29(13-5-1)37-42-38(30-14-6-2-7-15-30)44-39(43-37)33-19-10-18-32(26-33)27-22-24-28(25-23-27)34-20-11-21-35-36(34)45-40(41-35)31-16-8-3-9-17-31/h1-26H. The van der Waals surface area contributed by atoms with Crippen LogP contribution in [0.5, 0.6) is 0 Å². The van der Waals surface area contributed by atoms with Gasteiger partial charge in [-0.1, -0.05) is 133 Å². The van der Waals surface area contributed by atoms with Gasteiger partial charge in [-0.25, -0.2) is 19.9 Å². The summed E-state index contributed by atoms with van der Waals surface area (Å²) in [6.07, 6.45) is 0. The molecule has 2 aromatic heterocycles. The summed E-state index contributed by atoms with van der Waals surface area (Å²) >= 11 is 0. The van der Waals surface area contributed by atoms with Crippen molar-refractivity contribution in [2.45, 2.75) is 0 Å². The summed E-state index contributed by atoms with van der Waals surface area (Å²) in [5.74, 6) is 2.54. The molecule has 0 aliphatic heterocycles. The maximum Gasteiger partial charge on any atom is 0.227 e. The van der Waals surface area contributed by atoms with Crippen molar-refractivity contribution < 1.29 is 4.42 Å². The molecule has 0 unspecified atom stereocenters. The van der Waals surface area contributed by atoms with Gasteiger partial charge in [0.05, 0.1) is 0 Å². The summed E-state index contributed by atoms with van der Waals surface area (Å²) in [5, 5.41) is 0. The van der Waals surface area contributed by atoms with Crippen molar-refractivity contribution in [3.8, 4) is 67.9 Å². The van der Waals surface area contributed by atoms with Crippen LogP contribution in [0.25, 0.3) is 79.0 Å². The highest BCUT2D eigenvalue weighted by molar-refractivity contribution is 5.92. The molecule has 0 aliphatic carbocycles. The number of nitrogens with zero attached hydrogens (tertiary/aromatic N) is 4. The predicted molar refractivity (Wildman–Crippen MR) is 180 cm³/mol. The van der Waals surface area contributed by atoms with E-state index in [9.17, 15) is 0 Å². The fourth-order valence-corrected chi connectivity index (χ4v) is 5.50. The highest BCUT2D eigenvalue weighted by Gasteiger charge is 2.15. The van der Waals surface area contributed by atoms with Crippen molar-refractivity contribution in [3.05, 3.63) is 158 Å². The Kier molecular flexibility index (Phi) is 6.74. The van der Waals surface area contributed by atoms with E-state index in [-0.39, 0.29) is 0 Å². The molecule has 2 heterocycles. The molecule has 0 radical (unpaired) electrons. The minimum Gasteiger partial charge on any atom is -0.435 e. The van der Waals surface area contributed by atoms with Crippen LogP contribution in [-0.4, -0.2) is 19.9 Å². The predicted octanol–water partition coefficient (Wildman–Crippen LogP) is 10.0. The summed E-state index contributed by atoms with van der Waals surface area (Å²) in [6.45, 7) is 0. The highest BCUT2D eigenvalue weighted by atomic mass is 16.3. The second-order valence-electron chi connectivity index (χ2n) is 10.7. The van der Waals surface area contributed by atoms with Gasteiger partial charge >= 0.3 is 0 Å². The van der Waals surface area contributed by atoms with E-state index < -0.39 is 0 Å². The van der Waals surface area contributed by atoms with Gasteiger partial charge in [0.1, 0.15) is 5.52 Å². The molecule has 8 aromatic rings. The van der Waals surface area contributed by atoms with E-state index >= 15 is 0 Å². The molecule has 45 heavy (non-hydrogen) atoms. The van der Waals surface area contributed by atoms with Crippen LogP contribution in [-0.2, 0) is 0 Å². The normalized spacial score (nSPS) is 11.1. The lowest BCUT2D eigenvalue weighted by molar-refractivity contribution is 0.621. The first-order valence-corrected chi connectivity index (χ1v) is 14.8. The number of aromatic nitrogens is 4. The summed E-state index contributed by atoms with van der Waals surface area (Å²) < 4.78 is 6.27. The van der Waals surface area contributed by atoms with Crippen LogP contribution in [0, 0.1) is 0 Å². The van der Waals surface area contributed by atoms with E-state index in [0.717, 1.165) is 55.6 Å². The molecule has 8 rings (SSSR count). The van der Waals surface area contributed by atoms with E-state index in [2.05, 4.69) is 42.5 Å². The summed E-state index contributed by atoms with van der Waals surface area (Å²) in [4.78, 5) is 19.4. The van der Waals surface area contributed by atoms with Gasteiger partial charge in [0, 0.05) is 27.8 Å². The van der Waals surface area contributed by atoms with Gasteiger partial charge in [-0.3, -0.25) is 0 Å². The average Bonchev–Trinajstić information content (AvgIpc) is 3.58. The van der Waals surface area contributed by atoms with Crippen molar-refractivity contribution in [1.82, 2.24) is 19.9 Å². The Morgan fingerprint density at radius 1 is 0.333 bits per heavy atom. The minimum atomic E-state index is 0.621. The first-order chi connectivity index (χ1) is 22.3. The molecule has 0 bridgehead atoms. The fraction of sp³-hybridized carbons (Fsp3) is 0. The van der Waals surface area contributed by atoms with E-state index in [1.165, 1.54) is 0 Å². The van der Waals surface area contributed by atoms with Crippen molar-refractivity contribution in [2.24, 2.45) is 0 Å². The summed E-state index contributed by atoms with van der Waals surface area (Å²) in [5.41, 5.74) is 9.64. The zero-order valence-electron chi connectivity index (χ0n) is 24.2. The number of hydrogen-bond acceptors (Lipinski definition) is 5. The lowest BCUT2D eigenvalue weighted by Gasteiger charge is -2.10. The fourth-order valence-electron chi connectivity index (χ4n) is 5.50. The molecule has 0 N–H and O–H groups in total. The lowest BCUT2D eigenvalue weighted by atomic mass is 9.98. The second kappa shape index (κ2) is 11.5. The minimum absolute atomic E-state index is 0.621. The molecule has 0 spiro atoms. The van der Waals surface area contributed by atoms with Crippen molar-refractivity contribution >= 4 is 11.1 Å². The largest absolute Gasteiger partial charge is 0.435 e. The van der Waals surface area contributed by atoms with Gasteiger partial charge in [0.2, 0.25) is 5.89 Å². The van der Waals surface area contributed by atoms with Crippen LogP contribution < -0.4 is 0 Å². The molecular weight excluding hydrogens is 552 g/mol. The molecule has 0 fully saturated rings. The molecule has 6 aromatic carbocycles. The first-order valence-electron chi connectivity index (χ1n) is 14.8. The van der Waals surface area contributed by atoms with E-state index in [1.807, 2.05) is 115 Å². The molecule has 0 saturated carbocycles. The van der Waals surface area contributed by atoms with Crippen LogP contribution in [0.1, 0.15) is 0 Å². The monoisotopic (exact) mass is 578 g/mol. The van der Waals surface area contributed by atoms with Crippen molar-refractivity contribution in [1.29, 1.82) is 0 Å². The van der Waals surface area contributed by atoms with Gasteiger partial charge < -0.3 is 4.42 Å². The van der Waals surface area contributed by atoms with Crippen LogP contribution in [0.2, 0.25) is 0 Å². The Bertz CT molecular complexity index is 2190. The SMILES string of the molecule is c1ccc(-c2nc(-c3ccccc3)nc(-c3cccc(-c4ccc(-c5cccc6nc(-c7ccccc7)oc56)cc4)c3)n2)cc1. The van der Waals surface area contributed by atoms with Crippen LogP contribution in [0.15, 0.2) is 162 Å². The average molecular weight is 579 g/mol. The molecular formula is C40H26N4O. The Morgan fingerprint density at radius 2 is 0.822 bits per heavy atom. The quantitative estimate of drug-likeness (QED) is 0.196. The smallest absolute Gasteiger partial charge is 0.227 e. The molecule has 5 heteroatoms. The zero-order valence-corrected chi connectivity index (χ0v) is 24.2. The Balaban J connectivity index is 1.15. The molecule has 0 saturated heterocycles. The number of benzene rings is 6. The number of para-hydroxylation sites is 1. The van der Waals surface area contributed by atoms with Gasteiger partial charge in [0.15, 0.2) is 23.1 Å². The number of fused-ring (bicyclic) bond motifs is 1. The van der Waals surface area contributed by atoms with Gasteiger partial charge in [0.25, 0.3) is 0 Å². The highest BCUT2D eigenvalue weighted by Crippen LogP contribution is 2.34. The Labute approximate surface area is 260 Å². The third-order valence-electron chi connectivity index (χ3n) is 7.79. The van der Waals surface area contributed by atoms with Gasteiger partial charge in [-0.2, -0.15) is 0 Å². The number of hydrogen-bond donors (Lipinski definition) is 0. The molecule has 0 amide bonds. The maximum atomic E-state index is 6.27. The third-order valence-corrected chi connectivity index (χ3v) is 7.79. The summed E-state index contributed by atoms with van der Waals surface area (Å²) in [6, 6.07) is 53.0. The van der Waals surface area contributed by atoms with E-state index in [1.54, 1.807) is 0 Å². The van der Waals surface area contributed by atoms with E-state index in [0.29, 0.717) is 23.4 Å². The van der Waals surface area contributed by atoms with Crippen LogP contribution >= 0.6 is 0 Å². The van der Waals surface area contributed by atoms with Crippen LogP contribution in [0.3, 0.4) is 0 Å². The topological polar surface area (TPSA) is 64.7 Å². The second-order valence-corrected chi connectivity index (χ2v) is 10.7. The molecule has 0 atom stereocenters. The van der Waals surface area contributed by atoms with Gasteiger partial charge in [-0.15, -0.1) is 0 Å². The molecule has 212 valence electrons. The maximum absolute atomic E-state index is 6.27. The molecule has 5 nitrogen and oxygen atoms in total. The van der Waals surface area contributed by atoms with E-state index in [4.69, 9.17) is 24.4 Å². The zero-order chi connectivity index (χ0) is 30.0. The summed E-state index contributed by atoms with van der Waals surface area (Å²) in [7, 11) is 0. The molecule has 0 aliphatic rings. The Morgan fingerprint density at radius 3 is 1.44 bits per heavy atom.